The molecule has 0 spiro atoms. The molecule has 1 aromatic rings. The minimum Gasteiger partial charge on any atom is -0.300 e. The van der Waals surface area contributed by atoms with E-state index in [1.54, 1.807) is 6.92 Å². The number of aryl methyl sites for hydroxylation is 2. The number of carbonyl (C=O) groups excluding carboxylic acids is 2. The summed E-state index contributed by atoms with van der Waals surface area (Å²) in [6.45, 7) is 5.76. The van der Waals surface area contributed by atoms with E-state index in [-0.39, 0.29) is 11.6 Å². The van der Waals surface area contributed by atoms with Gasteiger partial charge in [-0.1, -0.05) is 23.8 Å². The number of ketones is 2. The quantitative estimate of drug-likeness (QED) is 0.800. The van der Waals surface area contributed by atoms with Gasteiger partial charge in [-0.2, -0.15) is 0 Å². The van der Waals surface area contributed by atoms with Crippen molar-refractivity contribution in [1.82, 2.24) is 0 Å². The second-order valence-electron chi connectivity index (χ2n) is 5.50. The zero-order valence-electron chi connectivity index (χ0n) is 11.4. The summed E-state index contributed by atoms with van der Waals surface area (Å²) in [5, 5.41) is 0. The molecule has 0 amide bonds. The topological polar surface area (TPSA) is 34.1 Å². The van der Waals surface area contributed by atoms with Crippen LogP contribution in [0.1, 0.15) is 49.3 Å². The van der Waals surface area contributed by atoms with Gasteiger partial charge in [0.15, 0.2) is 0 Å². The molecular weight excluding hydrogens is 224 g/mol. The van der Waals surface area contributed by atoms with Gasteiger partial charge in [0.2, 0.25) is 0 Å². The van der Waals surface area contributed by atoms with Gasteiger partial charge in [-0.05, 0) is 44.7 Å². The molecule has 1 aliphatic rings. The van der Waals surface area contributed by atoms with Crippen molar-refractivity contribution in [2.24, 2.45) is 0 Å². The van der Waals surface area contributed by atoms with Crippen LogP contribution >= 0.6 is 0 Å². The maximum atomic E-state index is 12.2. The van der Waals surface area contributed by atoms with Crippen LogP contribution in [0.4, 0.5) is 0 Å². The van der Waals surface area contributed by atoms with Crippen molar-refractivity contribution in [3.8, 4) is 0 Å². The molecule has 0 bridgehead atoms. The third-order valence-electron chi connectivity index (χ3n) is 4.24. The van der Waals surface area contributed by atoms with Crippen molar-refractivity contribution in [3.63, 3.8) is 0 Å². The Morgan fingerprint density at radius 2 is 1.78 bits per heavy atom. The van der Waals surface area contributed by atoms with Gasteiger partial charge in [-0.15, -0.1) is 0 Å². The summed E-state index contributed by atoms with van der Waals surface area (Å²) >= 11 is 0. The molecule has 0 radical (unpaired) electrons. The Balaban J connectivity index is 2.51. The standard InChI is InChI=1S/C16H20O2/c1-11-4-5-12(2)15(10-11)16(13(3)17)8-6-14(18)7-9-16/h4-5,10H,6-9H2,1-3H3. The van der Waals surface area contributed by atoms with E-state index in [1.165, 1.54) is 5.56 Å². The Bertz CT molecular complexity index is 490. The molecule has 0 saturated heterocycles. The van der Waals surface area contributed by atoms with Gasteiger partial charge in [0.25, 0.3) is 0 Å². The lowest BCUT2D eigenvalue weighted by Gasteiger charge is -2.36. The molecule has 0 unspecified atom stereocenters. The molecule has 2 rings (SSSR count). The first-order valence-corrected chi connectivity index (χ1v) is 6.56. The Morgan fingerprint density at radius 3 is 2.33 bits per heavy atom. The highest BCUT2D eigenvalue weighted by Crippen LogP contribution is 2.40. The largest absolute Gasteiger partial charge is 0.300 e. The van der Waals surface area contributed by atoms with Crippen molar-refractivity contribution in [3.05, 3.63) is 34.9 Å². The molecule has 0 aromatic heterocycles. The molecule has 2 heteroatoms. The molecule has 0 aliphatic heterocycles. The fourth-order valence-corrected chi connectivity index (χ4v) is 3.02. The van der Waals surface area contributed by atoms with Crippen LogP contribution in [0.25, 0.3) is 0 Å². The van der Waals surface area contributed by atoms with E-state index in [4.69, 9.17) is 0 Å². The number of carbonyl (C=O) groups is 2. The normalized spacial score (nSPS) is 18.7. The third kappa shape index (κ3) is 2.12. The van der Waals surface area contributed by atoms with E-state index in [0.29, 0.717) is 25.7 Å². The number of rotatable bonds is 2. The zero-order chi connectivity index (χ0) is 13.3. The molecule has 2 nitrogen and oxygen atoms in total. The van der Waals surface area contributed by atoms with E-state index in [0.717, 1.165) is 11.1 Å². The first kappa shape index (κ1) is 13.0. The summed E-state index contributed by atoms with van der Waals surface area (Å²) in [7, 11) is 0. The van der Waals surface area contributed by atoms with Gasteiger partial charge in [0, 0.05) is 12.8 Å². The molecule has 1 aromatic carbocycles. The van der Waals surface area contributed by atoms with Crippen LogP contribution in [0.3, 0.4) is 0 Å². The number of hydrogen-bond donors (Lipinski definition) is 0. The van der Waals surface area contributed by atoms with Crippen molar-refractivity contribution in [1.29, 1.82) is 0 Å². The van der Waals surface area contributed by atoms with Gasteiger partial charge in [-0.25, -0.2) is 0 Å². The van der Waals surface area contributed by atoms with Crippen molar-refractivity contribution < 1.29 is 9.59 Å². The molecular formula is C16H20O2. The predicted octanol–water partition coefficient (Wildman–Crippen LogP) is 3.27. The molecule has 0 N–H and O–H groups in total. The minimum atomic E-state index is -0.427. The first-order chi connectivity index (χ1) is 8.45. The second kappa shape index (κ2) is 4.68. The maximum absolute atomic E-state index is 12.2. The van der Waals surface area contributed by atoms with Gasteiger partial charge in [0.05, 0.1) is 5.41 Å². The number of benzene rings is 1. The van der Waals surface area contributed by atoms with Gasteiger partial charge < -0.3 is 0 Å². The van der Waals surface area contributed by atoms with Crippen LogP contribution in [-0.2, 0) is 15.0 Å². The highest BCUT2D eigenvalue weighted by Gasteiger charge is 2.41. The average Bonchev–Trinajstić information content (AvgIpc) is 2.33. The van der Waals surface area contributed by atoms with Crippen LogP contribution in [0, 0.1) is 13.8 Å². The summed E-state index contributed by atoms with van der Waals surface area (Å²) < 4.78 is 0. The van der Waals surface area contributed by atoms with Crippen molar-refractivity contribution in [2.75, 3.05) is 0 Å². The third-order valence-corrected chi connectivity index (χ3v) is 4.24. The Kier molecular flexibility index (Phi) is 3.38. The lowest BCUT2D eigenvalue weighted by Crippen LogP contribution is -2.39. The minimum absolute atomic E-state index is 0.198. The van der Waals surface area contributed by atoms with Gasteiger partial charge in [-0.3, -0.25) is 9.59 Å². The summed E-state index contributed by atoms with van der Waals surface area (Å²) in [5.74, 6) is 0.487. The van der Waals surface area contributed by atoms with Gasteiger partial charge in [0.1, 0.15) is 11.6 Å². The summed E-state index contributed by atoms with van der Waals surface area (Å²) in [4.78, 5) is 23.6. The van der Waals surface area contributed by atoms with E-state index in [2.05, 4.69) is 25.1 Å². The van der Waals surface area contributed by atoms with E-state index in [9.17, 15) is 9.59 Å². The number of hydrogen-bond acceptors (Lipinski definition) is 2. The number of Topliss-reactive ketones (excluding diaryl/α,β-unsaturated/α-hetero) is 2. The fourth-order valence-electron chi connectivity index (χ4n) is 3.02. The SMILES string of the molecule is CC(=O)C1(c2cc(C)ccc2C)CCC(=O)CC1. The summed E-state index contributed by atoms with van der Waals surface area (Å²) in [5.41, 5.74) is 3.03. The highest BCUT2D eigenvalue weighted by molar-refractivity contribution is 5.92. The molecule has 1 aliphatic carbocycles. The highest BCUT2D eigenvalue weighted by atomic mass is 16.1. The van der Waals surface area contributed by atoms with Crippen LogP contribution < -0.4 is 0 Å². The van der Waals surface area contributed by atoms with Crippen LogP contribution in [0.15, 0.2) is 18.2 Å². The van der Waals surface area contributed by atoms with Crippen LogP contribution in [0.2, 0.25) is 0 Å². The Hall–Kier alpha value is -1.44. The summed E-state index contributed by atoms with van der Waals surface area (Å²) in [6, 6.07) is 6.26. The van der Waals surface area contributed by atoms with Crippen molar-refractivity contribution in [2.45, 2.75) is 51.9 Å². The maximum Gasteiger partial charge on any atom is 0.140 e. The Labute approximate surface area is 108 Å². The molecule has 0 atom stereocenters. The van der Waals surface area contributed by atoms with Crippen LogP contribution in [-0.4, -0.2) is 11.6 Å². The first-order valence-electron chi connectivity index (χ1n) is 6.56. The zero-order valence-corrected chi connectivity index (χ0v) is 11.4. The monoisotopic (exact) mass is 244 g/mol. The fraction of sp³-hybridized carbons (Fsp3) is 0.500. The van der Waals surface area contributed by atoms with E-state index in [1.807, 2.05) is 6.92 Å². The predicted molar refractivity (Wildman–Crippen MR) is 71.8 cm³/mol. The second-order valence-corrected chi connectivity index (χ2v) is 5.50. The lowest BCUT2D eigenvalue weighted by molar-refractivity contribution is -0.127. The molecule has 96 valence electrons. The van der Waals surface area contributed by atoms with E-state index >= 15 is 0 Å². The molecule has 18 heavy (non-hydrogen) atoms. The van der Waals surface area contributed by atoms with Gasteiger partial charge >= 0.3 is 0 Å². The smallest absolute Gasteiger partial charge is 0.140 e. The van der Waals surface area contributed by atoms with E-state index < -0.39 is 5.41 Å². The van der Waals surface area contributed by atoms with Crippen molar-refractivity contribution >= 4 is 11.6 Å². The lowest BCUT2D eigenvalue weighted by atomic mass is 9.65. The average molecular weight is 244 g/mol. The Morgan fingerprint density at radius 1 is 1.17 bits per heavy atom. The van der Waals surface area contributed by atoms with Crippen LogP contribution in [0.5, 0.6) is 0 Å². The molecule has 1 saturated carbocycles. The summed E-state index contributed by atoms with van der Waals surface area (Å²) in [6.07, 6.45) is 2.41. The molecule has 1 fully saturated rings. The molecule has 0 heterocycles.